The molecule has 16 nitrogen and oxygen atoms in total. The zero-order valence-electron chi connectivity index (χ0n) is 39.3. The number of rotatable bonds is 13. The Morgan fingerprint density at radius 1 is 0.652 bits per heavy atom. The number of likely N-dealkylation sites (tertiary alicyclic amines) is 2. The van der Waals surface area contributed by atoms with E-state index >= 15 is 0 Å². The number of carbonyl (C=O) groups excluding carboxylic acids is 6. The van der Waals surface area contributed by atoms with Gasteiger partial charge in [0.05, 0.1) is 24.5 Å². The summed E-state index contributed by atoms with van der Waals surface area (Å²) < 4.78 is 52.2. The van der Waals surface area contributed by atoms with Gasteiger partial charge < -0.3 is 49.3 Å². The zero-order chi connectivity index (χ0) is 48.4. The third-order valence-electron chi connectivity index (χ3n) is 11.6. The van der Waals surface area contributed by atoms with Crippen molar-refractivity contribution in [3.8, 4) is 11.4 Å². The average molecular weight is 921 g/mol. The van der Waals surface area contributed by atoms with E-state index in [9.17, 15) is 37.5 Å². The number of hydrogen-bond donors (Lipinski definition) is 4. The highest BCUT2D eigenvalue weighted by molar-refractivity contribution is 5.96. The number of benzene rings is 2. The minimum atomic E-state index is -0.968. The summed E-state index contributed by atoms with van der Waals surface area (Å²) in [5.41, 5.74) is 1.61. The molecule has 0 aliphatic carbocycles. The highest BCUT2D eigenvalue weighted by atomic mass is 19.1. The number of esters is 2. The van der Waals surface area contributed by atoms with Crippen molar-refractivity contribution in [2.75, 3.05) is 13.1 Å². The van der Waals surface area contributed by atoms with Crippen LogP contribution in [-0.2, 0) is 51.0 Å². The second-order valence-corrected chi connectivity index (χ2v) is 19.2. The van der Waals surface area contributed by atoms with Crippen LogP contribution in [0.5, 0.6) is 0 Å². The van der Waals surface area contributed by atoms with Gasteiger partial charge in [-0.25, -0.2) is 18.4 Å². The Balaban J connectivity index is 1.43. The van der Waals surface area contributed by atoms with Gasteiger partial charge in [0.15, 0.2) is 0 Å². The smallest absolute Gasteiger partial charge is 0.408 e. The van der Waals surface area contributed by atoms with Gasteiger partial charge in [0.25, 0.3) is 0 Å². The summed E-state index contributed by atoms with van der Waals surface area (Å²) in [6.45, 7) is 16.5. The van der Waals surface area contributed by atoms with Crippen molar-refractivity contribution in [3.63, 3.8) is 0 Å². The largest absolute Gasteiger partial charge is 0.461 e. The van der Waals surface area contributed by atoms with Crippen LogP contribution in [0.1, 0.15) is 106 Å². The predicted octanol–water partition coefficient (Wildman–Crippen LogP) is 7.35. The summed E-state index contributed by atoms with van der Waals surface area (Å²) in [5, 5.41) is 6.66. The molecule has 4 N–H and O–H groups in total. The third-order valence-corrected chi connectivity index (χ3v) is 11.6. The maximum Gasteiger partial charge on any atom is 0.408 e. The molecule has 6 atom stereocenters. The van der Waals surface area contributed by atoms with E-state index in [2.05, 4.69) is 20.6 Å². The van der Waals surface area contributed by atoms with Gasteiger partial charge in [0.1, 0.15) is 47.1 Å². The van der Waals surface area contributed by atoms with E-state index in [4.69, 9.17) is 18.9 Å². The molecule has 2 aromatic heterocycles. The lowest BCUT2D eigenvalue weighted by molar-refractivity contribution is -0.147. The Hall–Kier alpha value is -6.20. The first kappa shape index (κ1) is 49.2. The Bertz CT molecular complexity index is 2320. The fraction of sp³-hybridized carbons (Fsp3) is 0.542. The lowest BCUT2D eigenvalue weighted by atomic mass is 9.94. The van der Waals surface area contributed by atoms with Crippen molar-refractivity contribution in [2.24, 2.45) is 0 Å². The zero-order valence-corrected chi connectivity index (χ0v) is 39.3. The molecule has 2 aliphatic heterocycles. The van der Waals surface area contributed by atoms with Gasteiger partial charge in [0, 0.05) is 60.6 Å². The predicted molar refractivity (Wildman–Crippen MR) is 241 cm³/mol. The van der Waals surface area contributed by atoms with Crippen LogP contribution in [0.2, 0.25) is 0 Å². The SMILES string of the molecule is CCC(NC(=O)OC(C)(C)C)C(=O)N1CC(OC(C)=O)C[C@H]1Cc1c(-c2[nH]c3cc(F)ccc3c2C[C@@H]2CC(OC(C)=O)CN2C(=O)C(CC)NC(=O)OC(C)(C)C)[nH]c2cc(F)ccc12. The molecule has 4 amide bonds. The topological polar surface area (TPSA) is 201 Å². The Morgan fingerprint density at radius 2 is 1.02 bits per heavy atom. The number of aromatic nitrogens is 2. The normalized spacial score (nSPS) is 19.7. The van der Waals surface area contributed by atoms with Crippen LogP contribution in [0.25, 0.3) is 33.2 Å². The van der Waals surface area contributed by atoms with Crippen molar-refractivity contribution in [3.05, 3.63) is 59.2 Å². The molecule has 2 aromatic carbocycles. The molecule has 0 bridgehead atoms. The molecule has 6 rings (SSSR count). The number of ether oxygens (including phenoxy) is 4. The quantitative estimate of drug-likeness (QED) is 0.0776. The number of carbonyl (C=O) groups is 6. The van der Waals surface area contributed by atoms with E-state index in [1.54, 1.807) is 77.3 Å². The molecule has 4 aromatic rings. The van der Waals surface area contributed by atoms with Gasteiger partial charge in [-0.3, -0.25) is 19.2 Å². The van der Waals surface area contributed by atoms with Gasteiger partial charge in [-0.15, -0.1) is 0 Å². The molecular weight excluding hydrogens is 859 g/mol. The second-order valence-electron chi connectivity index (χ2n) is 19.2. The summed E-state index contributed by atoms with van der Waals surface area (Å²) in [4.78, 5) is 89.1. The highest BCUT2D eigenvalue weighted by Crippen LogP contribution is 2.40. The number of alkyl carbamates (subject to hydrolysis) is 2. The van der Waals surface area contributed by atoms with Crippen molar-refractivity contribution < 1.29 is 56.5 Å². The van der Waals surface area contributed by atoms with Crippen LogP contribution < -0.4 is 10.6 Å². The molecule has 4 unspecified atom stereocenters. The minimum absolute atomic E-state index is 0.0510. The summed E-state index contributed by atoms with van der Waals surface area (Å²) in [6.07, 6.45) is -1.53. The molecule has 2 aliphatic rings. The van der Waals surface area contributed by atoms with E-state index in [1.807, 2.05) is 0 Å². The van der Waals surface area contributed by atoms with Gasteiger partial charge in [-0.1, -0.05) is 13.8 Å². The molecule has 0 saturated carbocycles. The standard InChI is InChI=1S/C48H62F2N6O10/c1-11-37(53-45(61)65-47(5,6)7)43(59)55-23-31(63-25(3)57)19-29(55)21-35-33-15-13-27(49)17-39(33)51-41(35)42-36(34-16-14-28(50)18-40(34)52-42)22-30-20-32(64-26(4)58)24-56(30)44(60)38(12-2)54-46(62)66-48(8,9)10/h13-18,29-32,37-38,51-52H,11-12,19-24H2,1-10H3,(H,53,61)(H,54,62)/t29-,30-,31?,32?,37?,38?/m0/s1. The number of aromatic amines is 2. The average Bonchev–Trinajstić information content (AvgIpc) is 3.96. The summed E-state index contributed by atoms with van der Waals surface area (Å²) in [6, 6.07) is 5.53. The lowest BCUT2D eigenvalue weighted by Crippen LogP contribution is -2.51. The van der Waals surface area contributed by atoms with Gasteiger partial charge in [0.2, 0.25) is 11.8 Å². The molecule has 2 saturated heterocycles. The molecule has 4 heterocycles. The van der Waals surface area contributed by atoms with Crippen LogP contribution in [0.3, 0.4) is 0 Å². The van der Waals surface area contributed by atoms with Crippen LogP contribution in [0.4, 0.5) is 18.4 Å². The molecular formula is C48H62F2N6O10. The Morgan fingerprint density at radius 3 is 1.33 bits per heavy atom. The van der Waals surface area contributed by atoms with E-state index < -0.39 is 95.2 Å². The highest BCUT2D eigenvalue weighted by Gasteiger charge is 2.43. The van der Waals surface area contributed by atoms with E-state index in [-0.39, 0.29) is 51.6 Å². The van der Waals surface area contributed by atoms with Gasteiger partial charge >= 0.3 is 24.1 Å². The maximum atomic E-state index is 15.0. The summed E-state index contributed by atoms with van der Waals surface area (Å²) in [5.74, 6) is -2.86. The third kappa shape index (κ3) is 11.8. The monoisotopic (exact) mass is 920 g/mol. The van der Waals surface area contributed by atoms with Crippen molar-refractivity contribution >= 4 is 57.7 Å². The van der Waals surface area contributed by atoms with E-state index in [1.165, 1.54) is 38.1 Å². The molecule has 2 fully saturated rings. The number of nitrogens with zero attached hydrogens (tertiary/aromatic N) is 2. The Kier molecular flexibility index (Phi) is 14.7. The van der Waals surface area contributed by atoms with Crippen LogP contribution in [0.15, 0.2) is 36.4 Å². The maximum absolute atomic E-state index is 15.0. The second kappa shape index (κ2) is 19.7. The fourth-order valence-electron chi connectivity index (χ4n) is 9.07. The number of fused-ring (bicyclic) bond motifs is 2. The number of amides is 4. The molecule has 66 heavy (non-hydrogen) atoms. The number of halogens is 2. The van der Waals surface area contributed by atoms with Crippen molar-refractivity contribution in [1.82, 2.24) is 30.4 Å². The minimum Gasteiger partial charge on any atom is -0.461 e. The van der Waals surface area contributed by atoms with Crippen LogP contribution in [0, 0.1) is 11.6 Å². The Labute approximate surface area is 382 Å². The van der Waals surface area contributed by atoms with Gasteiger partial charge in [-0.05, 0) is 115 Å². The molecule has 0 radical (unpaired) electrons. The van der Waals surface area contributed by atoms with Gasteiger partial charge in [-0.2, -0.15) is 0 Å². The first-order valence-electron chi connectivity index (χ1n) is 22.5. The summed E-state index contributed by atoms with van der Waals surface area (Å²) >= 11 is 0. The lowest BCUT2D eigenvalue weighted by Gasteiger charge is -2.30. The number of H-pyrrole nitrogens is 2. The first-order valence-corrected chi connectivity index (χ1v) is 22.5. The van der Waals surface area contributed by atoms with Crippen molar-refractivity contribution in [2.45, 2.75) is 155 Å². The molecule has 0 spiro atoms. The van der Waals surface area contributed by atoms with E-state index in [0.29, 0.717) is 44.3 Å². The molecule has 358 valence electrons. The summed E-state index contributed by atoms with van der Waals surface area (Å²) in [7, 11) is 0. The van der Waals surface area contributed by atoms with Crippen LogP contribution in [-0.4, -0.2) is 116 Å². The van der Waals surface area contributed by atoms with E-state index in [0.717, 1.165) is 0 Å². The number of hydrogen-bond acceptors (Lipinski definition) is 10. The molecule has 18 heteroatoms. The van der Waals surface area contributed by atoms with Crippen molar-refractivity contribution in [1.29, 1.82) is 0 Å². The number of nitrogens with one attached hydrogen (secondary N) is 4. The first-order chi connectivity index (χ1) is 30.9. The van der Waals surface area contributed by atoms with Crippen LogP contribution >= 0.6 is 0 Å². The fourth-order valence-corrected chi connectivity index (χ4v) is 9.07.